The highest BCUT2D eigenvalue weighted by atomic mass is 31.2. The predicted octanol–water partition coefficient (Wildman–Crippen LogP) is 4.83. The van der Waals surface area contributed by atoms with E-state index in [0.29, 0.717) is 0 Å². The Labute approximate surface area is 204 Å². The number of carbonyl (C=O) groups is 2. The van der Waals surface area contributed by atoms with Crippen molar-refractivity contribution in [2.24, 2.45) is 0 Å². The second-order valence-electron chi connectivity index (χ2n) is 7.68. The minimum atomic E-state index is -3.99. The summed E-state index contributed by atoms with van der Waals surface area (Å²) in [5.74, 6) is -0.617. The van der Waals surface area contributed by atoms with Crippen LogP contribution in [-0.4, -0.2) is 25.0 Å². The fourth-order valence-electron chi connectivity index (χ4n) is 3.18. The maximum Gasteiger partial charge on any atom is 0.530 e. The molecule has 0 radical (unpaired) electrons. The van der Waals surface area contributed by atoms with Gasteiger partial charge < -0.3 is 14.6 Å². The molecule has 0 heterocycles. The summed E-state index contributed by atoms with van der Waals surface area (Å²) >= 11 is 0. The lowest BCUT2D eigenvalue weighted by Crippen LogP contribution is -2.41. The molecule has 0 bridgehead atoms. The molecule has 0 fully saturated rings. The van der Waals surface area contributed by atoms with Gasteiger partial charge in [0.05, 0.1) is 20.3 Å². The first-order chi connectivity index (χ1) is 16.9. The van der Waals surface area contributed by atoms with Gasteiger partial charge in [-0.2, -0.15) is 0 Å². The van der Waals surface area contributed by atoms with Gasteiger partial charge in [0.15, 0.2) is 0 Å². The van der Waals surface area contributed by atoms with E-state index in [1.807, 2.05) is 60.7 Å². The molecule has 0 aliphatic rings. The van der Waals surface area contributed by atoms with E-state index in [-0.39, 0.29) is 31.3 Å². The van der Waals surface area contributed by atoms with Crippen molar-refractivity contribution in [3.8, 4) is 5.75 Å². The zero-order valence-corrected chi connectivity index (χ0v) is 20.5. The number of nitrogens with one attached hydrogen (secondary N) is 1. The van der Waals surface area contributed by atoms with Crippen LogP contribution >= 0.6 is 7.82 Å². The van der Waals surface area contributed by atoms with Crippen molar-refractivity contribution in [3.63, 3.8) is 0 Å². The van der Waals surface area contributed by atoms with Crippen LogP contribution in [0.15, 0.2) is 84.9 Å². The third-order valence-corrected chi connectivity index (χ3v) is 6.23. The topological polar surface area (TPSA) is 100 Å². The van der Waals surface area contributed by atoms with Gasteiger partial charge in [-0.3, -0.25) is 13.8 Å². The maximum atomic E-state index is 13.5. The highest BCUT2D eigenvalue weighted by molar-refractivity contribution is 7.48. The second-order valence-corrected chi connectivity index (χ2v) is 9.27. The Morgan fingerprint density at radius 2 is 1.31 bits per heavy atom. The molecule has 0 aliphatic heterocycles. The molecular formula is C26H28NO7P. The first kappa shape index (κ1) is 26.2. The van der Waals surface area contributed by atoms with Gasteiger partial charge in [0.2, 0.25) is 5.91 Å². The number of ether oxygens (including phenoxy) is 1. The molecule has 3 aromatic carbocycles. The zero-order chi connectivity index (χ0) is 25.1. The van der Waals surface area contributed by atoms with Crippen molar-refractivity contribution in [3.05, 3.63) is 102 Å². The van der Waals surface area contributed by atoms with Crippen molar-refractivity contribution in [1.82, 2.24) is 5.32 Å². The van der Waals surface area contributed by atoms with Crippen LogP contribution in [0.25, 0.3) is 0 Å². The molecule has 1 amide bonds. The number of phosphoric acid groups is 1. The number of esters is 1. The summed E-state index contributed by atoms with van der Waals surface area (Å²) in [7, 11) is -2.72. The molecule has 0 unspecified atom stereocenters. The van der Waals surface area contributed by atoms with Crippen molar-refractivity contribution < 1.29 is 32.5 Å². The number of phosphoric ester groups is 1. The Morgan fingerprint density at radius 1 is 0.800 bits per heavy atom. The van der Waals surface area contributed by atoms with E-state index in [1.165, 1.54) is 14.0 Å². The average Bonchev–Trinajstić information content (AvgIpc) is 2.88. The molecule has 3 rings (SSSR count). The molecule has 0 aliphatic carbocycles. The molecule has 9 heteroatoms. The first-order valence-corrected chi connectivity index (χ1v) is 12.4. The maximum absolute atomic E-state index is 13.5. The smallest absolute Gasteiger partial charge is 0.467 e. The van der Waals surface area contributed by atoms with E-state index in [4.69, 9.17) is 18.3 Å². The molecular weight excluding hydrogens is 469 g/mol. The van der Waals surface area contributed by atoms with Crippen LogP contribution in [0.5, 0.6) is 5.75 Å². The number of rotatable bonds is 12. The minimum absolute atomic E-state index is 0.0442. The highest BCUT2D eigenvalue weighted by Gasteiger charge is 2.29. The molecule has 3 aromatic rings. The number of carbonyl (C=O) groups excluding carboxylic acids is 2. The summed E-state index contributed by atoms with van der Waals surface area (Å²) in [4.78, 5) is 23.4. The van der Waals surface area contributed by atoms with E-state index in [9.17, 15) is 14.2 Å². The summed E-state index contributed by atoms with van der Waals surface area (Å²) in [5, 5.41) is 2.57. The van der Waals surface area contributed by atoms with Gasteiger partial charge in [-0.1, -0.05) is 72.8 Å². The fourth-order valence-corrected chi connectivity index (χ4v) is 4.35. The standard InChI is InChI=1S/C26H28NO7P/c1-20(28)27-25(26(29)31-2)17-21-13-15-24(16-14-21)34-35(30,32-18-22-9-5-3-6-10-22)33-19-23-11-7-4-8-12-23/h3-16,25H,17-19H2,1-2H3,(H,27,28)/t25-/m0/s1. The SMILES string of the molecule is COC(=O)[C@H](Cc1ccc(OP(=O)(OCc2ccccc2)OCc2ccccc2)cc1)NC(C)=O. The van der Waals surface area contributed by atoms with Gasteiger partial charge >= 0.3 is 13.8 Å². The number of benzene rings is 3. The van der Waals surface area contributed by atoms with E-state index in [1.54, 1.807) is 24.3 Å². The molecule has 184 valence electrons. The van der Waals surface area contributed by atoms with Crippen molar-refractivity contribution in [2.45, 2.75) is 32.6 Å². The van der Waals surface area contributed by atoms with Gasteiger partial charge in [0, 0.05) is 13.3 Å². The monoisotopic (exact) mass is 497 g/mol. The second kappa shape index (κ2) is 12.9. The normalized spacial score (nSPS) is 11.9. The van der Waals surface area contributed by atoms with Gasteiger partial charge in [0.1, 0.15) is 11.8 Å². The van der Waals surface area contributed by atoms with Crippen LogP contribution in [0.1, 0.15) is 23.6 Å². The summed E-state index contributed by atoms with van der Waals surface area (Å²) in [5.41, 5.74) is 2.38. The van der Waals surface area contributed by atoms with Gasteiger partial charge in [-0.15, -0.1) is 0 Å². The van der Waals surface area contributed by atoms with Crippen LogP contribution in [0.3, 0.4) is 0 Å². The predicted molar refractivity (Wildman–Crippen MR) is 130 cm³/mol. The Bertz CT molecular complexity index is 1090. The van der Waals surface area contributed by atoms with E-state index in [2.05, 4.69) is 5.32 Å². The largest absolute Gasteiger partial charge is 0.530 e. The number of methoxy groups -OCH3 is 1. The number of amides is 1. The quantitative estimate of drug-likeness (QED) is 0.283. The zero-order valence-electron chi connectivity index (χ0n) is 19.6. The third kappa shape index (κ3) is 8.68. The molecule has 0 saturated heterocycles. The van der Waals surface area contributed by atoms with Crippen molar-refractivity contribution in [1.29, 1.82) is 0 Å². The molecule has 1 N–H and O–H groups in total. The minimum Gasteiger partial charge on any atom is -0.467 e. The number of hydrogen-bond acceptors (Lipinski definition) is 7. The Hall–Kier alpha value is -3.45. The highest BCUT2D eigenvalue weighted by Crippen LogP contribution is 2.51. The third-order valence-electron chi connectivity index (χ3n) is 4.91. The molecule has 0 spiro atoms. The van der Waals surface area contributed by atoms with Crippen molar-refractivity contribution >= 4 is 19.7 Å². The summed E-state index contributed by atoms with van der Waals surface area (Å²) in [6.07, 6.45) is 0.221. The van der Waals surface area contributed by atoms with Crippen LogP contribution in [0.4, 0.5) is 0 Å². The Kier molecular flexibility index (Phi) is 9.61. The van der Waals surface area contributed by atoms with Crippen LogP contribution in [0.2, 0.25) is 0 Å². The Balaban J connectivity index is 1.71. The molecule has 8 nitrogen and oxygen atoms in total. The molecule has 0 aromatic heterocycles. The number of hydrogen-bond donors (Lipinski definition) is 1. The van der Waals surface area contributed by atoms with E-state index >= 15 is 0 Å². The van der Waals surface area contributed by atoms with Crippen LogP contribution in [-0.2, 0) is 47.6 Å². The van der Waals surface area contributed by atoms with Gasteiger partial charge in [-0.05, 0) is 28.8 Å². The van der Waals surface area contributed by atoms with Crippen LogP contribution < -0.4 is 9.84 Å². The van der Waals surface area contributed by atoms with Crippen LogP contribution in [0, 0.1) is 0 Å². The van der Waals surface area contributed by atoms with Gasteiger partial charge in [-0.25, -0.2) is 9.36 Å². The van der Waals surface area contributed by atoms with Crippen molar-refractivity contribution in [2.75, 3.05) is 7.11 Å². The Morgan fingerprint density at radius 3 is 1.77 bits per heavy atom. The first-order valence-electron chi connectivity index (χ1n) is 11.0. The summed E-state index contributed by atoms with van der Waals surface area (Å²) < 4.78 is 35.2. The van der Waals surface area contributed by atoms with E-state index < -0.39 is 19.8 Å². The lowest BCUT2D eigenvalue weighted by Gasteiger charge is -2.19. The molecule has 35 heavy (non-hydrogen) atoms. The lowest BCUT2D eigenvalue weighted by atomic mass is 10.1. The van der Waals surface area contributed by atoms with E-state index in [0.717, 1.165) is 16.7 Å². The lowest BCUT2D eigenvalue weighted by molar-refractivity contribution is -0.144. The van der Waals surface area contributed by atoms with Gasteiger partial charge in [0.25, 0.3) is 0 Å². The summed E-state index contributed by atoms with van der Waals surface area (Å²) in [6.45, 7) is 1.42. The molecule has 0 saturated carbocycles. The fraction of sp³-hybridized carbons (Fsp3) is 0.231. The average molecular weight is 497 g/mol. The molecule has 1 atom stereocenters. The summed E-state index contributed by atoms with van der Waals surface area (Å²) in [6, 6.07) is 24.4.